The van der Waals surface area contributed by atoms with Crippen molar-refractivity contribution in [1.82, 2.24) is 0 Å². The van der Waals surface area contributed by atoms with Crippen molar-refractivity contribution in [2.75, 3.05) is 13.2 Å². The van der Waals surface area contributed by atoms with Crippen LogP contribution in [0.2, 0.25) is 0 Å². The lowest BCUT2D eigenvalue weighted by Gasteiger charge is -2.18. The molecule has 0 rings (SSSR count). The highest BCUT2D eigenvalue weighted by atomic mass is 16.6. The molecule has 0 aromatic rings. The number of hydrogen-bond donors (Lipinski definition) is 0. The van der Waals surface area contributed by atoms with Gasteiger partial charge in [-0.25, -0.2) is 0 Å². The number of carbonyl (C=O) groups excluding carboxylic acids is 3. The van der Waals surface area contributed by atoms with Crippen LogP contribution in [0.3, 0.4) is 0 Å². The maximum atomic E-state index is 12.7. The Bertz CT molecular complexity index is 779. The monoisotopic (exact) mass is 723 g/mol. The van der Waals surface area contributed by atoms with Gasteiger partial charge in [0.15, 0.2) is 6.10 Å². The van der Waals surface area contributed by atoms with E-state index in [2.05, 4.69) is 34.6 Å². The summed E-state index contributed by atoms with van der Waals surface area (Å²) in [5, 5.41) is 0. The van der Waals surface area contributed by atoms with Crippen LogP contribution in [-0.2, 0) is 28.6 Å². The van der Waals surface area contributed by atoms with Gasteiger partial charge in [-0.3, -0.25) is 14.4 Å². The lowest BCUT2D eigenvalue weighted by molar-refractivity contribution is -0.167. The molecule has 51 heavy (non-hydrogen) atoms. The fraction of sp³-hybridized carbons (Fsp3) is 0.933. The van der Waals surface area contributed by atoms with Gasteiger partial charge in [-0.1, -0.05) is 202 Å². The summed E-state index contributed by atoms with van der Waals surface area (Å²) in [5.74, 6) is 0.730. The third kappa shape index (κ3) is 39.5. The molecule has 1 atom stereocenters. The minimum absolute atomic E-state index is 0.0659. The number of carbonyl (C=O) groups is 3. The highest BCUT2D eigenvalue weighted by Crippen LogP contribution is 2.16. The Kier molecular flexibility index (Phi) is 37.0. The second-order valence-corrected chi connectivity index (χ2v) is 16.3. The van der Waals surface area contributed by atoms with Crippen LogP contribution in [0.25, 0.3) is 0 Å². The third-order valence-corrected chi connectivity index (χ3v) is 9.97. The van der Waals surface area contributed by atoms with Crippen molar-refractivity contribution in [3.8, 4) is 0 Å². The lowest BCUT2D eigenvalue weighted by Crippen LogP contribution is -2.30. The quantitative estimate of drug-likeness (QED) is 0.0357. The molecule has 0 fully saturated rings. The highest BCUT2D eigenvalue weighted by Gasteiger charge is 2.19. The Labute approximate surface area is 317 Å². The summed E-state index contributed by atoms with van der Waals surface area (Å²) in [5.41, 5.74) is 0. The van der Waals surface area contributed by atoms with Crippen molar-refractivity contribution in [3.63, 3.8) is 0 Å². The molecular weight excluding hydrogens is 636 g/mol. The Balaban J connectivity index is 4.30. The maximum absolute atomic E-state index is 12.7. The van der Waals surface area contributed by atoms with E-state index >= 15 is 0 Å². The lowest BCUT2D eigenvalue weighted by atomic mass is 10.0. The Hall–Kier alpha value is -1.59. The molecule has 0 aliphatic carbocycles. The van der Waals surface area contributed by atoms with Crippen molar-refractivity contribution in [2.24, 2.45) is 11.8 Å². The molecule has 0 aromatic carbocycles. The van der Waals surface area contributed by atoms with Crippen LogP contribution >= 0.6 is 0 Å². The largest absolute Gasteiger partial charge is 0.462 e. The van der Waals surface area contributed by atoms with E-state index in [1.54, 1.807) is 0 Å². The van der Waals surface area contributed by atoms with Crippen molar-refractivity contribution in [3.05, 3.63) is 0 Å². The number of rotatable bonds is 39. The maximum Gasteiger partial charge on any atom is 0.306 e. The zero-order chi connectivity index (χ0) is 37.6. The standard InChI is InChI=1S/C45H86O6/c1-6-7-8-9-10-15-19-25-30-35-43(46)49-38-42(39-50-44(47)36-31-26-22-21-24-29-34-41(4)5)51-45(48)37-32-27-20-17-14-12-11-13-16-18-23-28-33-40(2)3/h40-42H,6-39H2,1-5H3/t42-/m0/s1. The smallest absolute Gasteiger partial charge is 0.306 e. The zero-order valence-corrected chi connectivity index (χ0v) is 34.7. The molecular formula is C45H86O6. The van der Waals surface area contributed by atoms with Gasteiger partial charge >= 0.3 is 17.9 Å². The summed E-state index contributed by atoms with van der Waals surface area (Å²) in [6.45, 7) is 11.2. The molecule has 0 saturated carbocycles. The number of unbranched alkanes of at least 4 members (excludes halogenated alkanes) is 24. The van der Waals surface area contributed by atoms with Gasteiger partial charge in [0.2, 0.25) is 0 Å². The molecule has 0 saturated heterocycles. The second-order valence-electron chi connectivity index (χ2n) is 16.3. The van der Waals surface area contributed by atoms with Gasteiger partial charge in [0, 0.05) is 19.3 Å². The van der Waals surface area contributed by atoms with E-state index in [1.807, 2.05) is 0 Å². The molecule has 6 heteroatoms. The van der Waals surface area contributed by atoms with Crippen LogP contribution in [0, 0.1) is 11.8 Å². The average molecular weight is 723 g/mol. The van der Waals surface area contributed by atoms with Gasteiger partial charge in [-0.15, -0.1) is 0 Å². The molecule has 0 bridgehead atoms. The zero-order valence-electron chi connectivity index (χ0n) is 34.7. The van der Waals surface area contributed by atoms with Crippen LogP contribution in [0.15, 0.2) is 0 Å². The van der Waals surface area contributed by atoms with E-state index in [1.165, 1.54) is 128 Å². The molecule has 0 aromatic heterocycles. The van der Waals surface area contributed by atoms with E-state index < -0.39 is 6.10 Å². The summed E-state index contributed by atoms with van der Waals surface area (Å²) >= 11 is 0. The molecule has 0 spiro atoms. The summed E-state index contributed by atoms with van der Waals surface area (Å²) in [6, 6.07) is 0. The first-order valence-electron chi connectivity index (χ1n) is 22.2. The minimum atomic E-state index is -0.760. The molecule has 302 valence electrons. The van der Waals surface area contributed by atoms with E-state index in [9.17, 15) is 14.4 Å². The van der Waals surface area contributed by atoms with E-state index in [0.29, 0.717) is 19.3 Å². The van der Waals surface area contributed by atoms with Crippen molar-refractivity contribution in [1.29, 1.82) is 0 Å². The van der Waals surface area contributed by atoms with Gasteiger partial charge in [-0.2, -0.15) is 0 Å². The first kappa shape index (κ1) is 49.4. The predicted octanol–water partition coefficient (Wildman–Crippen LogP) is 13.8. The Morgan fingerprint density at radius 1 is 0.373 bits per heavy atom. The van der Waals surface area contributed by atoms with Crippen LogP contribution in [0.4, 0.5) is 0 Å². The van der Waals surface area contributed by atoms with Crippen molar-refractivity contribution >= 4 is 17.9 Å². The molecule has 0 heterocycles. The topological polar surface area (TPSA) is 78.9 Å². The minimum Gasteiger partial charge on any atom is -0.462 e. The Morgan fingerprint density at radius 3 is 0.961 bits per heavy atom. The highest BCUT2D eigenvalue weighted by molar-refractivity contribution is 5.71. The van der Waals surface area contributed by atoms with Gasteiger partial charge < -0.3 is 14.2 Å². The van der Waals surface area contributed by atoms with E-state index in [0.717, 1.165) is 69.6 Å². The molecule has 0 N–H and O–H groups in total. The Morgan fingerprint density at radius 2 is 0.647 bits per heavy atom. The summed E-state index contributed by atoms with van der Waals surface area (Å²) in [7, 11) is 0. The number of ether oxygens (including phenoxy) is 3. The van der Waals surface area contributed by atoms with Crippen LogP contribution in [0.5, 0.6) is 0 Å². The van der Waals surface area contributed by atoms with E-state index in [-0.39, 0.29) is 31.1 Å². The van der Waals surface area contributed by atoms with Crippen molar-refractivity contribution in [2.45, 2.75) is 246 Å². The number of esters is 3. The van der Waals surface area contributed by atoms with Gasteiger partial charge in [-0.05, 0) is 31.1 Å². The third-order valence-electron chi connectivity index (χ3n) is 9.97. The van der Waals surface area contributed by atoms with Gasteiger partial charge in [0.05, 0.1) is 0 Å². The molecule has 0 radical (unpaired) electrons. The summed E-state index contributed by atoms with van der Waals surface area (Å²) in [4.78, 5) is 37.6. The normalized spacial score (nSPS) is 12.1. The van der Waals surface area contributed by atoms with Crippen molar-refractivity contribution < 1.29 is 28.6 Å². The fourth-order valence-corrected chi connectivity index (χ4v) is 6.58. The molecule has 0 aliphatic rings. The molecule has 6 nitrogen and oxygen atoms in total. The van der Waals surface area contributed by atoms with Gasteiger partial charge in [0.25, 0.3) is 0 Å². The fourth-order valence-electron chi connectivity index (χ4n) is 6.58. The van der Waals surface area contributed by atoms with Crippen LogP contribution < -0.4 is 0 Å². The number of hydrogen-bond acceptors (Lipinski definition) is 6. The second kappa shape index (κ2) is 38.1. The molecule has 0 unspecified atom stereocenters. The summed E-state index contributed by atoms with van der Waals surface area (Å²) in [6.07, 6.45) is 35.3. The molecule has 0 amide bonds. The van der Waals surface area contributed by atoms with Crippen LogP contribution in [0.1, 0.15) is 240 Å². The average Bonchev–Trinajstić information content (AvgIpc) is 3.09. The van der Waals surface area contributed by atoms with Crippen LogP contribution in [-0.4, -0.2) is 37.2 Å². The first-order valence-corrected chi connectivity index (χ1v) is 22.2. The SMILES string of the molecule is CCCCCCCCCCCC(=O)OC[C@@H](COC(=O)CCCCCCCCC(C)C)OC(=O)CCCCCCCCCCCCCCC(C)C. The molecule has 0 aliphatic heterocycles. The van der Waals surface area contributed by atoms with Gasteiger partial charge in [0.1, 0.15) is 13.2 Å². The first-order chi connectivity index (χ1) is 24.7. The predicted molar refractivity (Wildman–Crippen MR) is 215 cm³/mol. The summed E-state index contributed by atoms with van der Waals surface area (Å²) < 4.78 is 16.7. The van der Waals surface area contributed by atoms with E-state index in [4.69, 9.17) is 14.2 Å².